The van der Waals surface area contributed by atoms with Gasteiger partial charge in [0.2, 0.25) is 0 Å². The summed E-state index contributed by atoms with van der Waals surface area (Å²) in [6, 6.07) is 0. The van der Waals surface area contributed by atoms with Crippen LogP contribution in [0.5, 0.6) is 0 Å². The minimum Gasteiger partial charge on any atom is -0.389 e. The van der Waals surface area contributed by atoms with Gasteiger partial charge < -0.3 is 10.2 Å². The molecule has 2 N–H and O–H groups in total. The van der Waals surface area contributed by atoms with Crippen molar-refractivity contribution in [3.8, 4) is 0 Å². The van der Waals surface area contributed by atoms with E-state index in [2.05, 4.69) is 12.2 Å². The fraction of sp³-hybridized carbons (Fsp3) is 0.600. The normalized spacial score (nSPS) is 45.8. The van der Waals surface area contributed by atoms with Gasteiger partial charge in [-0.3, -0.25) is 0 Å². The van der Waals surface area contributed by atoms with E-state index >= 15 is 0 Å². The van der Waals surface area contributed by atoms with E-state index in [0.717, 1.165) is 12.8 Å². The molecule has 0 aliphatic heterocycles. The fourth-order valence-electron chi connectivity index (χ4n) is 2.15. The van der Waals surface area contributed by atoms with E-state index in [0.29, 0.717) is 0 Å². The molecule has 4 unspecified atom stereocenters. The van der Waals surface area contributed by atoms with Crippen molar-refractivity contribution in [1.82, 2.24) is 0 Å². The first-order valence-electron chi connectivity index (χ1n) is 4.48. The minimum absolute atomic E-state index is 0.231. The van der Waals surface area contributed by atoms with E-state index in [1.54, 1.807) is 12.2 Å². The van der Waals surface area contributed by atoms with Crippen LogP contribution >= 0.6 is 0 Å². The molecule has 0 fully saturated rings. The summed E-state index contributed by atoms with van der Waals surface area (Å²) >= 11 is 0. The van der Waals surface area contributed by atoms with Crippen LogP contribution in [0.15, 0.2) is 24.3 Å². The van der Waals surface area contributed by atoms with Crippen molar-refractivity contribution in [1.29, 1.82) is 0 Å². The highest BCUT2D eigenvalue weighted by Gasteiger charge is 2.34. The molecule has 2 rings (SSSR count). The highest BCUT2D eigenvalue weighted by Crippen LogP contribution is 2.34. The summed E-state index contributed by atoms with van der Waals surface area (Å²) in [6.07, 6.45) is 8.69. The number of allylic oxidation sites excluding steroid dienone is 2. The molecule has 0 heterocycles. The van der Waals surface area contributed by atoms with Gasteiger partial charge in [0, 0.05) is 0 Å². The number of aliphatic hydroxyl groups excluding tert-OH is 2. The number of aliphatic hydroxyl groups is 2. The standard InChI is InChI=1S/C10H14O2/c11-9-5-6-10(12)8-4-2-1-3-7(8)9/h1-2,5-12H,3-4H2. The lowest BCUT2D eigenvalue weighted by molar-refractivity contribution is 0.0322. The van der Waals surface area contributed by atoms with Gasteiger partial charge in [-0.2, -0.15) is 0 Å². The Kier molecular flexibility index (Phi) is 2.03. The van der Waals surface area contributed by atoms with E-state index in [1.165, 1.54) is 0 Å². The second-order valence-electron chi connectivity index (χ2n) is 3.64. The predicted molar refractivity (Wildman–Crippen MR) is 46.5 cm³/mol. The summed E-state index contributed by atoms with van der Waals surface area (Å²) in [4.78, 5) is 0. The fourth-order valence-corrected chi connectivity index (χ4v) is 2.15. The summed E-state index contributed by atoms with van der Waals surface area (Å²) in [5.41, 5.74) is 0. The Morgan fingerprint density at radius 1 is 0.833 bits per heavy atom. The Bertz CT molecular complexity index is 198. The average molecular weight is 166 g/mol. The summed E-state index contributed by atoms with van der Waals surface area (Å²) in [7, 11) is 0. The molecule has 0 saturated heterocycles. The van der Waals surface area contributed by atoms with Gasteiger partial charge in [0.25, 0.3) is 0 Å². The molecule has 0 bridgehead atoms. The van der Waals surface area contributed by atoms with E-state index in [-0.39, 0.29) is 24.0 Å². The van der Waals surface area contributed by atoms with E-state index in [4.69, 9.17) is 0 Å². The highest BCUT2D eigenvalue weighted by molar-refractivity contribution is 5.11. The molecule has 0 aromatic heterocycles. The first-order chi connectivity index (χ1) is 5.79. The molecular weight excluding hydrogens is 152 g/mol. The van der Waals surface area contributed by atoms with Crippen molar-refractivity contribution in [3.05, 3.63) is 24.3 Å². The molecule has 0 aromatic carbocycles. The second kappa shape index (κ2) is 3.04. The Labute approximate surface area is 72.2 Å². The SMILES string of the molecule is OC1C=CC(O)C2CC=CCC12. The van der Waals surface area contributed by atoms with Crippen molar-refractivity contribution in [2.24, 2.45) is 11.8 Å². The van der Waals surface area contributed by atoms with E-state index in [9.17, 15) is 10.2 Å². The zero-order valence-electron chi connectivity index (χ0n) is 6.93. The number of hydrogen-bond acceptors (Lipinski definition) is 2. The van der Waals surface area contributed by atoms with Crippen molar-refractivity contribution in [2.75, 3.05) is 0 Å². The van der Waals surface area contributed by atoms with Gasteiger partial charge in [-0.05, 0) is 24.7 Å². The lowest BCUT2D eigenvalue weighted by atomic mass is 9.73. The van der Waals surface area contributed by atoms with Crippen LogP contribution in [0, 0.1) is 11.8 Å². The smallest absolute Gasteiger partial charge is 0.0756 e. The molecule has 0 amide bonds. The molecule has 12 heavy (non-hydrogen) atoms. The third-order valence-electron chi connectivity index (χ3n) is 2.92. The third-order valence-corrected chi connectivity index (χ3v) is 2.92. The van der Waals surface area contributed by atoms with Crippen LogP contribution in [0.3, 0.4) is 0 Å². The minimum atomic E-state index is -0.358. The Hall–Kier alpha value is -0.600. The van der Waals surface area contributed by atoms with Gasteiger partial charge in [0.05, 0.1) is 12.2 Å². The summed E-state index contributed by atoms with van der Waals surface area (Å²) in [5, 5.41) is 19.2. The van der Waals surface area contributed by atoms with Crippen LogP contribution in [0.1, 0.15) is 12.8 Å². The van der Waals surface area contributed by atoms with Gasteiger partial charge >= 0.3 is 0 Å². The Balaban J connectivity index is 2.21. The maximum absolute atomic E-state index is 9.59. The van der Waals surface area contributed by atoms with Crippen molar-refractivity contribution in [2.45, 2.75) is 25.0 Å². The van der Waals surface area contributed by atoms with Gasteiger partial charge in [-0.15, -0.1) is 0 Å². The molecule has 4 atom stereocenters. The van der Waals surface area contributed by atoms with Gasteiger partial charge in [0.15, 0.2) is 0 Å². The summed E-state index contributed by atoms with van der Waals surface area (Å²) in [5.74, 6) is 0.463. The van der Waals surface area contributed by atoms with Crippen LogP contribution in [0.2, 0.25) is 0 Å². The molecule has 0 saturated carbocycles. The lowest BCUT2D eigenvalue weighted by Crippen LogP contribution is -2.38. The molecule has 0 radical (unpaired) electrons. The molecule has 2 aliphatic carbocycles. The average Bonchev–Trinajstić information content (AvgIpc) is 2.12. The molecule has 66 valence electrons. The van der Waals surface area contributed by atoms with Crippen molar-refractivity contribution < 1.29 is 10.2 Å². The summed E-state index contributed by atoms with van der Waals surface area (Å²) < 4.78 is 0. The maximum atomic E-state index is 9.59. The van der Waals surface area contributed by atoms with E-state index < -0.39 is 0 Å². The molecule has 0 spiro atoms. The first-order valence-corrected chi connectivity index (χ1v) is 4.48. The molecule has 2 nitrogen and oxygen atoms in total. The third kappa shape index (κ3) is 1.21. The monoisotopic (exact) mass is 166 g/mol. The molecule has 0 aromatic rings. The Morgan fingerprint density at radius 3 is 1.67 bits per heavy atom. The quantitative estimate of drug-likeness (QED) is 0.524. The van der Waals surface area contributed by atoms with Crippen LogP contribution in [-0.4, -0.2) is 22.4 Å². The largest absolute Gasteiger partial charge is 0.389 e. The zero-order valence-corrected chi connectivity index (χ0v) is 6.93. The highest BCUT2D eigenvalue weighted by atomic mass is 16.3. The summed E-state index contributed by atoms with van der Waals surface area (Å²) in [6.45, 7) is 0. The maximum Gasteiger partial charge on any atom is 0.0756 e. The van der Waals surface area contributed by atoms with Crippen molar-refractivity contribution >= 4 is 0 Å². The molecule has 2 heteroatoms. The molecule has 2 aliphatic rings. The number of fused-ring (bicyclic) bond motifs is 1. The van der Waals surface area contributed by atoms with Gasteiger partial charge in [0.1, 0.15) is 0 Å². The first kappa shape index (κ1) is 8.02. The predicted octanol–water partition coefficient (Wildman–Crippen LogP) is 0.860. The van der Waals surface area contributed by atoms with E-state index in [1.807, 2.05) is 0 Å². The topological polar surface area (TPSA) is 40.5 Å². The van der Waals surface area contributed by atoms with Crippen LogP contribution in [-0.2, 0) is 0 Å². The van der Waals surface area contributed by atoms with Crippen LogP contribution in [0.4, 0.5) is 0 Å². The lowest BCUT2D eigenvalue weighted by Gasteiger charge is -2.36. The number of hydrogen-bond donors (Lipinski definition) is 2. The van der Waals surface area contributed by atoms with Crippen LogP contribution in [0.25, 0.3) is 0 Å². The van der Waals surface area contributed by atoms with Crippen LogP contribution < -0.4 is 0 Å². The van der Waals surface area contributed by atoms with Crippen molar-refractivity contribution in [3.63, 3.8) is 0 Å². The van der Waals surface area contributed by atoms with Gasteiger partial charge in [-0.25, -0.2) is 0 Å². The number of rotatable bonds is 0. The Morgan fingerprint density at radius 2 is 1.25 bits per heavy atom. The van der Waals surface area contributed by atoms with Gasteiger partial charge in [-0.1, -0.05) is 24.3 Å². The zero-order chi connectivity index (χ0) is 8.55. The molecular formula is C10H14O2. The second-order valence-corrected chi connectivity index (χ2v) is 3.64.